The SMILES string of the molecule is Cn1ncc(Br)c1C(O)Cc1ccc(Cl)cc1Cl. The summed E-state index contributed by atoms with van der Waals surface area (Å²) in [5, 5.41) is 15.4. The molecule has 0 aliphatic carbocycles. The molecule has 1 aromatic carbocycles. The van der Waals surface area contributed by atoms with Crippen LogP contribution >= 0.6 is 39.1 Å². The molecule has 3 nitrogen and oxygen atoms in total. The Morgan fingerprint density at radius 2 is 2.17 bits per heavy atom. The van der Waals surface area contributed by atoms with Crippen LogP contribution in [-0.2, 0) is 13.5 Å². The van der Waals surface area contributed by atoms with E-state index in [1.807, 2.05) is 6.07 Å². The number of halogens is 3. The highest BCUT2D eigenvalue weighted by atomic mass is 79.9. The second kappa shape index (κ2) is 5.61. The molecule has 0 fully saturated rings. The van der Waals surface area contributed by atoms with Crippen molar-refractivity contribution in [2.45, 2.75) is 12.5 Å². The smallest absolute Gasteiger partial charge is 0.101 e. The van der Waals surface area contributed by atoms with E-state index in [1.54, 1.807) is 30.1 Å². The maximum absolute atomic E-state index is 10.2. The zero-order valence-electron chi connectivity index (χ0n) is 9.57. The van der Waals surface area contributed by atoms with Gasteiger partial charge in [0.1, 0.15) is 6.10 Å². The van der Waals surface area contributed by atoms with Gasteiger partial charge in [-0.15, -0.1) is 0 Å². The zero-order chi connectivity index (χ0) is 13.3. The summed E-state index contributed by atoms with van der Waals surface area (Å²) in [7, 11) is 1.78. The van der Waals surface area contributed by atoms with Crippen LogP contribution in [0.5, 0.6) is 0 Å². The molecule has 0 saturated carbocycles. The molecule has 0 spiro atoms. The van der Waals surface area contributed by atoms with Gasteiger partial charge in [0, 0.05) is 23.5 Å². The number of hydrogen-bond acceptors (Lipinski definition) is 2. The third-order valence-electron chi connectivity index (χ3n) is 2.68. The van der Waals surface area contributed by atoms with E-state index < -0.39 is 6.10 Å². The largest absolute Gasteiger partial charge is 0.386 e. The van der Waals surface area contributed by atoms with Gasteiger partial charge in [-0.1, -0.05) is 29.3 Å². The molecule has 0 bridgehead atoms. The number of benzene rings is 1. The minimum atomic E-state index is -0.675. The molecule has 1 N–H and O–H groups in total. The maximum Gasteiger partial charge on any atom is 0.101 e. The van der Waals surface area contributed by atoms with Crippen LogP contribution in [0.15, 0.2) is 28.9 Å². The highest BCUT2D eigenvalue weighted by Crippen LogP contribution is 2.29. The van der Waals surface area contributed by atoms with Crippen molar-refractivity contribution in [2.75, 3.05) is 0 Å². The summed E-state index contributed by atoms with van der Waals surface area (Å²) >= 11 is 15.3. The van der Waals surface area contributed by atoms with Gasteiger partial charge in [-0.2, -0.15) is 5.10 Å². The van der Waals surface area contributed by atoms with Crippen LogP contribution in [0.2, 0.25) is 10.0 Å². The highest BCUT2D eigenvalue weighted by Gasteiger charge is 2.17. The highest BCUT2D eigenvalue weighted by molar-refractivity contribution is 9.10. The molecular formula is C12H11BrCl2N2O. The lowest BCUT2D eigenvalue weighted by atomic mass is 10.1. The summed E-state index contributed by atoms with van der Waals surface area (Å²) in [6.45, 7) is 0. The van der Waals surface area contributed by atoms with Crippen molar-refractivity contribution in [3.63, 3.8) is 0 Å². The molecule has 2 aromatic rings. The fourth-order valence-corrected chi connectivity index (χ4v) is 2.89. The van der Waals surface area contributed by atoms with E-state index in [1.165, 1.54) is 0 Å². The summed E-state index contributed by atoms with van der Waals surface area (Å²) in [5.41, 5.74) is 1.57. The van der Waals surface area contributed by atoms with Gasteiger partial charge in [0.05, 0.1) is 16.4 Å². The Morgan fingerprint density at radius 3 is 2.72 bits per heavy atom. The molecule has 96 valence electrons. The van der Waals surface area contributed by atoms with E-state index in [-0.39, 0.29) is 0 Å². The summed E-state index contributed by atoms with van der Waals surface area (Å²) < 4.78 is 2.42. The van der Waals surface area contributed by atoms with Crippen molar-refractivity contribution in [3.8, 4) is 0 Å². The van der Waals surface area contributed by atoms with Crippen molar-refractivity contribution in [1.29, 1.82) is 0 Å². The van der Waals surface area contributed by atoms with Crippen molar-refractivity contribution >= 4 is 39.1 Å². The van der Waals surface area contributed by atoms with Gasteiger partial charge in [0.15, 0.2) is 0 Å². The molecule has 1 aromatic heterocycles. The summed E-state index contributed by atoms with van der Waals surface area (Å²) in [4.78, 5) is 0. The van der Waals surface area contributed by atoms with Crippen LogP contribution in [-0.4, -0.2) is 14.9 Å². The number of aliphatic hydroxyl groups is 1. The van der Waals surface area contributed by atoms with Crippen LogP contribution < -0.4 is 0 Å². The van der Waals surface area contributed by atoms with Gasteiger partial charge >= 0.3 is 0 Å². The molecule has 1 heterocycles. The van der Waals surface area contributed by atoms with Gasteiger partial charge < -0.3 is 5.11 Å². The summed E-state index contributed by atoms with van der Waals surface area (Å²) in [6, 6.07) is 5.25. The van der Waals surface area contributed by atoms with Gasteiger partial charge in [0.25, 0.3) is 0 Å². The molecule has 2 rings (SSSR count). The Kier molecular flexibility index (Phi) is 4.33. The van der Waals surface area contributed by atoms with E-state index >= 15 is 0 Å². The zero-order valence-corrected chi connectivity index (χ0v) is 12.7. The lowest BCUT2D eigenvalue weighted by Gasteiger charge is -2.13. The summed E-state index contributed by atoms with van der Waals surface area (Å²) in [6.07, 6.45) is 1.39. The number of aromatic nitrogens is 2. The minimum Gasteiger partial charge on any atom is -0.386 e. The average molecular weight is 350 g/mol. The first-order chi connectivity index (χ1) is 8.49. The molecule has 0 saturated heterocycles. The Labute approximate surface area is 123 Å². The molecule has 0 amide bonds. The third-order valence-corrected chi connectivity index (χ3v) is 3.88. The van der Waals surface area contributed by atoms with Crippen LogP contribution in [0.4, 0.5) is 0 Å². The quantitative estimate of drug-likeness (QED) is 0.915. The number of rotatable bonds is 3. The number of aryl methyl sites for hydroxylation is 1. The Morgan fingerprint density at radius 1 is 1.44 bits per heavy atom. The number of nitrogens with zero attached hydrogens (tertiary/aromatic N) is 2. The molecular weight excluding hydrogens is 339 g/mol. The van der Waals surface area contributed by atoms with Crippen LogP contribution in [0.1, 0.15) is 17.4 Å². The standard InChI is InChI=1S/C12H11BrCl2N2O/c1-17-12(9(13)6-16-17)11(18)4-7-2-3-8(14)5-10(7)15/h2-3,5-6,11,18H,4H2,1H3. The maximum atomic E-state index is 10.2. The predicted molar refractivity (Wildman–Crippen MR) is 76.0 cm³/mol. The Hall–Kier alpha value is -0.550. The van der Waals surface area contributed by atoms with E-state index in [4.69, 9.17) is 23.2 Å². The van der Waals surface area contributed by atoms with E-state index in [0.29, 0.717) is 16.5 Å². The lowest BCUT2D eigenvalue weighted by Crippen LogP contribution is -2.09. The van der Waals surface area contributed by atoms with Gasteiger partial charge in [-0.3, -0.25) is 4.68 Å². The van der Waals surface area contributed by atoms with Crippen molar-refractivity contribution < 1.29 is 5.11 Å². The first-order valence-electron chi connectivity index (χ1n) is 5.28. The Bertz CT molecular complexity index is 552. The predicted octanol–water partition coefficient (Wildman–Crippen LogP) is 3.77. The fourth-order valence-electron chi connectivity index (χ4n) is 1.79. The van der Waals surface area contributed by atoms with Crippen molar-refractivity contribution in [2.24, 2.45) is 7.05 Å². The first-order valence-corrected chi connectivity index (χ1v) is 6.83. The first kappa shape index (κ1) is 13.9. The molecule has 6 heteroatoms. The monoisotopic (exact) mass is 348 g/mol. The number of hydrogen-bond donors (Lipinski definition) is 1. The van der Waals surface area contributed by atoms with Crippen molar-refractivity contribution in [3.05, 3.63) is 50.2 Å². The molecule has 1 atom stereocenters. The molecule has 0 radical (unpaired) electrons. The van der Waals surface area contributed by atoms with E-state index in [0.717, 1.165) is 15.7 Å². The molecule has 1 unspecified atom stereocenters. The van der Waals surface area contributed by atoms with Gasteiger partial charge in [0.2, 0.25) is 0 Å². The van der Waals surface area contributed by atoms with Gasteiger partial charge in [-0.05, 0) is 33.6 Å². The second-order valence-corrected chi connectivity index (χ2v) is 5.65. The van der Waals surface area contributed by atoms with Crippen LogP contribution in [0.25, 0.3) is 0 Å². The molecule has 0 aliphatic rings. The second-order valence-electron chi connectivity index (χ2n) is 3.96. The third kappa shape index (κ3) is 2.88. The molecule has 18 heavy (non-hydrogen) atoms. The van der Waals surface area contributed by atoms with E-state index in [9.17, 15) is 5.11 Å². The van der Waals surface area contributed by atoms with Gasteiger partial charge in [-0.25, -0.2) is 0 Å². The normalized spacial score (nSPS) is 12.7. The topological polar surface area (TPSA) is 38.0 Å². The molecule has 0 aliphatic heterocycles. The number of aliphatic hydroxyl groups excluding tert-OH is 1. The van der Waals surface area contributed by atoms with Crippen LogP contribution in [0.3, 0.4) is 0 Å². The Balaban J connectivity index is 2.24. The average Bonchev–Trinajstić information content (AvgIpc) is 2.62. The van der Waals surface area contributed by atoms with Crippen molar-refractivity contribution in [1.82, 2.24) is 9.78 Å². The fraction of sp³-hybridized carbons (Fsp3) is 0.250. The van der Waals surface area contributed by atoms with Crippen LogP contribution in [0, 0.1) is 0 Å². The summed E-state index contributed by atoms with van der Waals surface area (Å²) in [5.74, 6) is 0. The minimum absolute atomic E-state index is 0.411. The lowest BCUT2D eigenvalue weighted by molar-refractivity contribution is 0.168. The van der Waals surface area contributed by atoms with E-state index in [2.05, 4.69) is 21.0 Å².